The van der Waals surface area contributed by atoms with Crippen LogP contribution in [0, 0.1) is 5.92 Å². The lowest BCUT2D eigenvalue weighted by molar-refractivity contribution is -0.0439. The van der Waals surface area contributed by atoms with Crippen molar-refractivity contribution in [1.82, 2.24) is 4.90 Å². The second kappa shape index (κ2) is 7.29. The van der Waals surface area contributed by atoms with Crippen LogP contribution in [0.25, 0.3) is 0 Å². The molecule has 0 bridgehead atoms. The summed E-state index contributed by atoms with van der Waals surface area (Å²) in [5, 5.41) is 10.9. The maximum Gasteiger partial charge on any atom is 0.0604 e. The monoisotopic (exact) mass is 309 g/mol. The highest BCUT2D eigenvalue weighted by Crippen LogP contribution is 2.45. The number of aliphatic hydroxyl groups is 1. The predicted molar refractivity (Wildman–Crippen MR) is 95.2 cm³/mol. The van der Waals surface area contributed by atoms with Crippen LogP contribution in [0.5, 0.6) is 0 Å². The van der Waals surface area contributed by atoms with Crippen LogP contribution in [0.2, 0.25) is 0 Å². The number of nitrogens with zero attached hydrogens (tertiary/aromatic N) is 1. The lowest BCUT2D eigenvalue weighted by Crippen LogP contribution is -2.45. The van der Waals surface area contributed by atoms with E-state index in [-0.39, 0.29) is 18.2 Å². The highest BCUT2D eigenvalue weighted by molar-refractivity contribution is 5.25. The zero-order valence-electron chi connectivity index (χ0n) is 14.1. The molecule has 122 valence electrons. The maximum atomic E-state index is 10.9. The Labute approximate surface area is 139 Å². The van der Waals surface area contributed by atoms with Crippen molar-refractivity contribution in [3.63, 3.8) is 0 Å². The lowest BCUT2D eigenvalue weighted by atomic mass is 9.76. The van der Waals surface area contributed by atoms with Crippen LogP contribution < -0.4 is 0 Å². The Hall–Kier alpha value is -1.64. The minimum Gasteiger partial charge on any atom is -0.393 e. The predicted octanol–water partition coefficient (Wildman–Crippen LogP) is 4.58. The van der Waals surface area contributed by atoms with Crippen molar-refractivity contribution in [1.29, 1.82) is 0 Å². The van der Waals surface area contributed by atoms with Gasteiger partial charge in [-0.25, -0.2) is 0 Å². The molecule has 0 aliphatic carbocycles. The zero-order valence-corrected chi connectivity index (χ0v) is 14.1. The first-order valence-corrected chi connectivity index (χ1v) is 8.72. The largest absolute Gasteiger partial charge is 0.393 e. The molecule has 0 spiro atoms. The van der Waals surface area contributed by atoms with Gasteiger partial charge in [-0.1, -0.05) is 74.0 Å². The molecule has 0 saturated carbocycles. The molecule has 1 aliphatic heterocycles. The number of aliphatic hydroxyl groups excluding tert-OH is 1. The van der Waals surface area contributed by atoms with Crippen LogP contribution in [-0.2, 0) is 0 Å². The van der Waals surface area contributed by atoms with E-state index >= 15 is 0 Å². The summed E-state index contributed by atoms with van der Waals surface area (Å²) in [6.45, 7) is 2.21. The zero-order chi connectivity index (χ0) is 16.2. The molecule has 0 radical (unpaired) electrons. The van der Waals surface area contributed by atoms with E-state index < -0.39 is 0 Å². The van der Waals surface area contributed by atoms with Crippen molar-refractivity contribution in [3.8, 4) is 0 Å². The molecule has 2 heteroatoms. The van der Waals surface area contributed by atoms with Gasteiger partial charge in [-0.15, -0.1) is 0 Å². The van der Waals surface area contributed by atoms with Gasteiger partial charge >= 0.3 is 0 Å². The van der Waals surface area contributed by atoms with E-state index in [9.17, 15) is 5.11 Å². The first-order valence-electron chi connectivity index (χ1n) is 8.72. The number of benzene rings is 2. The average molecular weight is 309 g/mol. The first kappa shape index (κ1) is 16.2. The summed E-state index contributed by atoms with van der Waals surface area (Å²) in [7, 11) is 2.21. The SMILES string of the molecule is CCC[C@@H]1[C@@H](c2ccccc2)N(C)[C@@H](c2ccccc2)C[C@@H]1O. The quantitative estimate of drug-likeness (QED) is 0.893. The maximum absolute atomic E-state index is 10.9. The molecule has 2 aromatic carbocycles. The van der Waals surface area contributed by atoms with Gasteiger partial charge < -0.3 is 5.11 Å². The van der Waals surface area contributed by atoms with Crippen molar-refractivity contribution in [2.24, 2.45) is 5.92 Å². The minimum absolute atomic E-state index is 0.249. The van der Waals surface area contributed by atoms with E-state index in [2.05, 4.69) is 79.5 Å². The molecule has 2 aromatic rings. The summed E-state index contributed by atoms with van der Waals surface area (Å²) in [4.78, 5) is 2.47. The van der Waals surface area contributed by atoms with Crippen molar-refractivity contribution < 1.29 is 5.11 Å². The fourth-order valence-corrected chi connectivity index (χ4v) is 4.14. The van der Waals surface area contributed by atoms with E-state index in [0.717, 1.165) is 19.3 Å². The molecule has 23 heavy (non-hydrogen) atoms. The molecule has 3 rings (SSSR count). The van der Waals surface area contributed by atoms with Crippen LogP contribution in [0.1, 0.15) is 49.4 Å². The lowest BCUT2D eigenvalue weighted by Gasteiger charge is -2.47. The average Bonchev–Trinajstić information content (AvgIpc) is 2.60. The van der Waals surface area contributed by atoms with E-state index in [4.69, 9.17) is 0 Å². The third-order valence-electron chi connectivity index (χ3n) is 5.24. The minimum atomic E-state index is -0.249. The molecule has 1 aliphatic rings. The van der Waals surface area contributed by atoms with Crippen LogP contribution in [-0.4, -0.2) is 23.2 Å². The molecule has 1 heterocycles. The van der Waals surface area contributed by atoms with E-state index in [1.54, 1.807) is 0 Å². The van der Waals surface area contributed by atoms with Gasteiger partial charge in [0.05, 0.1) is 6.10 Å². The van der Waals surface area contributed by atoms with E-state index in [1.165, 1.54) is 11.1 Å². The summed E-state index contributed by atoms with van der Waals surface area (Å²) in [5.41, 5.74) is 2.61. The van der Waals surface area contributed by atoms with Crippen LogP contribution in [0.15, 0.2) is 60.7 Å². The molecule has 1 saturated heterocycles. The number of likely N-dealkylation sites (tertiary alicyclic amines) is 1. The Morgan fingerprint density at radius 2 is 1.52 bits per heavy atom. The van der Waals surface area contributed by atoms with E-state index in [1.807, 2.05) is 0 Å². The van der Waals surface area contributed by atoms with Gasteiger partial charge in [0.2, 0.25) is 0 Å². The third kappa shape index (κ3) is 3.34. The van der Waals surface area contributed by atoms with Crippen LogP contribution in [0.3, 0.4) is 0 Å². The Morgan fingerprint density at radius 1 is 0.957 bits per heavy atom. The highest BCUT2D eigenvalue weighted by atomic mass is 16.3. The third-order valence-corrected chi connectivity index (χ3v) is 5.24. The molecule has 1 fully saturated rings. The van der Waals surface area contributed by atoms with Crippen LogP contribution >= 0.6 is 0 Å². The number of hydrogen-bond acceptors (Lipinski definition) is 2. The molecule has 2 nitrogen and oxygen atoms in total. The fourth-order valence-electron chi connectivity index (χ4n) is 4.14. The van der Waals surface area contributed by atoms with Gasteiger partial charge in [-0.3, -0.25) is 4.90 Å². The molecule has 4 atom stereocenters. The van der Waals surface area contributed by atoms with Crippen molar-refractivity contribution in [2.75, 3.05) is 7.05 Å². The standard InChI is InChI=1S/C21H27NO/c1-3-10-18-20(23)15-19(16-11-6-4-7-12-16)22(2)21(18)17-13-8-5-9-14-17/h4-9,11-14,18-21,23H,3,10,15H2,1-2H3/t18-,19+,20-,21+/m0/s1. The Kier molecular flexibility index (Phi) is 5.14. The summed E-state index contributed by atoms with van der Waals surface area (Å²) in [5.74, 6) is 0.298. The second-order valence-corrected chi connectivity index (χ2v) is 6.70. The van der Waals surface area contributed by atoms with Gasteiger partial charge in [-0.2, -0.15) is 0 Å². The molecular formula is C21H27NO. The Morgan fingerprint density at radius 3 is 2.09 bits per heavy atom. The van der Waals surface area contributed by atoms with Crippen molar-refractivity contribution in [2.45, 2.75) is 44.4 Å². The topological polar surface area (TPSA) is 23.5 Å². The summed E-state index contributed by atoms with van der Waals surface area (Å²) in [6, 6.07) is 21.8. The highest BCUT2D eigenvalue weighted by Gasteiger charge is 2.41. The summed E-state index contributed by atoms with van der Waals surface area (Å²) in [6.07, 6.45) is 2.73. The van der Waals surface area contributed by atoms with Gasteiger partial charge in [-0.05, 0) is 31.0 Å². The number of piperidine rings is 1. The normalized spacial score (nSPS) is 28.7. The van der Waals surface area contributed by atoms with Crippen LogP contribution in [0.4, 0.5) is 0 Å². The van der Waals surface area contributed by atoms with Gasteiger partial charge in [0.15, 0.2) is 0 Å². The smallest absolute Gasteiger partial charge is 0.0604 e. The first-order chi connectivity index (χ1) is 11.2. The van der Waals surface area contributed by atoms with Gasteiger partial charge in [0.1, 0.15) is 0 Å². The Bertz CT molecular complexity index is 598. The number of hydrogen-bond donors (Lipinski definition) is 1. The van der Waals surface area contributed by atoms with Crippen molar-refractivity contribution in [3.05, 3.63) is 71.8 Å². The summed E-state index contributed by atoms with van der Waals surface area (Å²) < 4.78 is 0. The van der Waals surface area contributed by atoms with E-state index in [0.29, 0.717) is 5.92 Å². The number of rotatable bonds is 4. The van der Waals surface area contributed by atoms with Gasteiger partial charge in [0, 0.05) is 18.0 Å². The molecular weight excluding hydrogens is 282 g/mol. The summed E-state index contributed by atoms with van der Waals surface area (Å²) >= 11 is 0. The molecule has 0 unspecified atom stereocenters. The molecule has 0 amide bonds. The fraction of sp³-hybridized carbons (Fsp3) is 0.429. The van der Waals surface area contributed by atoms with Crippen molar-refractivity contribution >= 4 is 0 Å². The van der Waals surface area contributed by atoms with Gasteiger partial charge in [0.25, 0.3) is 0 Å². The Balaban J connectivity index is 1.97. The molecule has 0 aromatic heterocycles. The second-order valence-electron chi connectivity index (χ2n) is 6.70. The molecule has 1 N–H and O–H groups in total.